The molecular weight excluding hydrogens is 269 g/mol. The van der Waals surface area contributed by atoms with Crippen LogP contribution in [0.15, 0.2) is 18.3 Å². The van der Waals surface area contributed by atoms with Gasteiger partial charge in [-0.1, -0.05) is 11.3 Å². The highest BCUT2D eigenvalue weighted by atomic mass is 32.1. The van der Waals surface area contributed by atoms with Crippen LogP contribution in [0.25, 0.3) is 0 Å². The summed E-state index contributed by atoms with van der Waals surface area (Å²) in [5, 5.41) is 2.68. The number of carbonyl (C=O) groups is 2. The van der Waals surface area contributed by atoms with Crippen molar-refractivity contribution >= 4 is 28.2 Å². The van der Waals surface area contributed by atoms with Crippen LogP contribution in [0.1, 0.15) is 32.8 Å². The zero-order valence-corrected chi connectivity index (χ0v) is 11.0. The Kier molecular flexibility index (Phi) is 3.66. The third-order valence-corrected chi connectivity index (χ3v) is 3.48. The second-order valence-corrected chi connectivity index (χ2v) is 4.78. The third-order valence-electron chi connectivity index (χ3n) is 2.31. The average Bonchev–Trinajstić information content (AvgIpc) is 2.70. The molecule has 0 unspecified atom stereocenters. The lowest BCUT2D eigenvalue weighted by Crippen LogP contribution is -2.15. The van der Waals surface area contributed by atoms with Gasteiger partial charge in [0, 0.05) is 13.1 Å². The number of amides is 1. The van der Waals surface area contributed by atoms with Crippen LogP contribution in [-0.2, 0) is 0 Å². The minimum absolute atomic E-state index is 0.125. The summed E-state index contributed by atoms with van der Waals surface area (Å²) >= 11 is 1.05. The minimum atomic E-state index is -0.708. The summed E-state index contributed by atoms with van der Waals surface area (Å²) in [4.78, 5) is 31.2. The minimum Gasteiger partial charge on any atom is -0.296 e. The van der Waals surface area contributed by atoms with E-state index in [0.717, 1.165) is 17.4 Å². The van der Waals surface area contributed by atoms with Gasteiger partial charge in [-0.05, 0) is 19.1 Å². The standard InChI is InChI=1S/C12H10FN3O2S/c1-6-10(7(2)17)19-12(15-6)16-11(18)9-8(13)4-3-5-14-9/h3-5H,1-2H3,(H,15,16,18). The first-order valence-electron chi connectivity index (χ1n) is 5.39. The van der Waals surface area contributed by atoms with Crippen molar-refractivity contribution in [2.24, 2.45) is 0 Å². The van der Waals surface area contributed by atoms with Crippen LogP contribution in [0.2, 0.25) is 0 Å². The third kappa shape index (κ3) is 2.82. The largest absolute Gasteiger partial charge is 0.296 e. The molecule has 2 aromatic rings. The van der Waals surface area contributed by atoms with Crippen LogP contribution in [0, 0.1) is 12.7 Å². The number of hydrogen-bond donors (Lipinski definition) is 1. The van der Waals surface area contributed by atoms with E-state index in [1.165, 1.54) is 19.2 Å². The molecule has 0 spiro atoms. The zero-order chi connectivity index (χ0) is 14.0. The highest BCUT2D eigenvalue weighted by Crippen LogP contribution is 2.23. The molecule has 98 valence electrons. The molecule has 0 saturated carbocycles. The van der Waals surface area contributed by atoms with Crippen molar-refractivity contribution in [3.05, 3.63) is 40.4 Å². The lowest BCUT2D eigenvalue weighted by atomic mass is 10.3. The van der Waals surface area contributed by atoms with Gasteiger partial charge in [0.2, 0.25) is 0 Å². The van der Waals surface area contributed by atoms with Crippen LogP contribution in [0.3, 0.4) is 0 Å². The summed E-state index contributed by atoms with van der Waals surface area (Å²) < 4.78 is 13.4. The number of anilines is 1. The molecule has 5 nitrogen and oxygen atoms in total. The number of ketones is 1. The van der Waals surface area contributed by atoms with Crippen LogP contribution < -0.4 is 5.32 Å². The zero-order valence-electron chi connectivity index (χ0n) is 10.2. The van der Waals surface area contributed by atoms with E-state index < -0.39 is 11.7 Å². The summed E-state index contributed by atoms with van der Waals surface area (Å²) in [6.45, 7) is 3.09. The molecule has 7 heteroatoms. The molecule has 19 heavy (non-hydrogen) atoms. The molecular formula is C12H10FN3O2S. The lowest BCUT2D eigenvalue weighted by molar-refractivity contribution is 0.101. The van der Waals surface area contributed by atoms with E-state index >= 15 is 0 Å². The van der Waals surface area contributed by atoms with E-state index in [0.29, 0.717) is 10.6 Å². The Balaban J connectivity index is 2.22. The van der Waals surface area contributed by atoms with E-state index in [1.807, 2.05) is 0 Å². The maximum Gasteiger partial charge on any atom is 0.279 e. The maximum absolute atomic E-state index is 13.4. The molecule has 2 aromatic heterocycles. The number of nitrogens with zero attached hydrogens (tertiary/aromatic N) is 2. The number of nitrogens with one attached hydrogen (secondary N) is 1. The molecule has 0 aliphatic carbocycles. The molecule has 0 radical (unpaired) electrons. The van der Waals surface area contributed by atoms with Crippen molar-refractivity contribution in [3.8, 4) is 0 Å². The van der Waals surface area contributed by atoms with Gasteiger partial charge >= 0.3 is 0 Å². The first kappa shape index (κ1) is 13.3. The van der Waals surface area contributed by atoms with Gasteiger partial charge in [0.1, 0.15) is 0 Å². The van der Waals surface area contributed by atoms with E-state index in [-0.39, 0.29) is 16.6 Å². The van der Waals surface area contributed by atoms with Gasteiger partial charge in [-0.3, -0.25) is 14.9 Å². The van der Waals surface area contributed by atoms with Crippen molar-refractivity contribution in [1.82, 2.24) is 9.97 Å². The number of hydrogen-bond acceptors (Lipinski definition) is 5. The maximum atomic E-state index is 13.4. The van der Waals surface area contributed by atoms with E-state index in [4.69, 9.17) is 0 Å². The highest BCUT2D eigenvalue weighted by molar-refractivity contribution is 7.17. The second kappa shape index (κ2) is 5.23. The lowest BCUT2D eigenvalue weighted by Gasteiger charge is -2.01. The van der Waals surface area contributed by atoms with Crippen LogP contribution in [-0.4, -0.2) is 21.7 Å². The van der Waals surface area contributed by atoms with E-state index in [9.17, 15) is 14.0 Å². The van der Waals surface area contributed by atoms with Gasteiger partial charge in [-0.15, -0.1) is 0 Å². The first-order chi connectivity index (χ1) is 8.99. The number of pyridine rings is 1. The van der Waals surface area contributed by atoms with E-state index in [2.05, 4.69) is 15.3 Å². The smallest absolute Gasteiger partial charge is 0.279 e. The highest BCUT2D eigenvalue weighted by Gasteiger charge is 2.17. The molecule has 0 aliphatic rings. The Morgan fingerprint density at radius 2 is 2.16 bits per heavy atom. The fraction of sp³-hybridized carbons (Fsp3) is 0.167. The molecule has 1 N–H and O–H groups in total. The Morgan fingerprint density at radius 3 is 2.74 bits per heavy atom. The van der Waals surface area contributed by atoms with Gasteiger partial charge in [-0.2, -0.15) is 0 Å². The number of Topliss-reactive ketones (excluding diaryl/α,β-unsaturated/α-hetero) is 1. The molecule has 0 fully saturated rings. The van der Waals surface area contributed by atoms with Crippen LogP contribution in [0.5, 0.6) is 0 Å². The average molecular weight is 279 g/mol. The van der Waals surface area contributed by atoms with Crippen molar-refractivity contribution in [2.45, 2.75) is 13.8 Å². The Hall–Kier alpha value is -2.15. The summed E-state index contributed by atoms with van der Waals surface area (Å²) in [7, 11) is 0. The first-order valence-corrected chi connectivity index (χ1v) is 6.21. The molecule has 0 saturated heterocycles. The fourth-order valence-electron chi connectivity index (χ4n) is 1.49. The summed E-state index contributed by atoms with van der Waals surface area (Å²) in [6, 6.07) is 2.55. The van der Waals surface area contributed by atoms with E-state index in [1.54, 1.807) is 6.92 Å². The summed E-state index contributed by atoms with van der Waals surface area (Å²) in [5.74, 6) is -1.53. The number of aryl methyl sites for hydroxylation is 1. The topological polar surface area (TPSA) is 72.0 Å². The van der Waals surface area contributed by atoms with Gasteiger partial charge in [0.15, 0.2) is 22.4 Å². The Morgan fingerprint density at radius 1 is 1.42 bits per heavy atom. The molecule has 0 atom stereocenters. The van der Waals surface area contributed by atoms with Crippen molar-refractivity contribution in [3.63, 3.8) is 0 Å². The van der Waals surface area contributed by atoms with Gasteiger partial charge < -0.3 is 0 Å². The monoisotopic (exact) mass is 279 g/mol. The number of aromatic nitrogens is 2. The number of thiazole rings is 1. The number of rotatable bonds is 3. The molecule has 0 aromatic carbocycles. The van der Waals surface area contributed by atoms with Gasteiger partial charge in [0.05, 0.1) is 10.6 Å². The summed E-state index contributed by atoms with van der Waals surface area (Å²) in [6.07, 6.45) is 1.33. The van der Waals surface area contributed by atoms with Crippen LogP contribution >= 0.6 is 11.3 Å². The van der Waals surface area contributed by atoms with Crippen molar-refractivity contribution < 1.29 is 14.0 Å². The summed E-state index contributed by atoms with van der Waals surface area (Å²) in [5.41, 5.74) is 0.231. The fourth-order valence-corrected chi connectivity index (χ4v) is 2.34. The molecule has 0 bridgehead atoms. The predicted octanol–water partition coefficient (Wildman–Crippen LogP) is 2.44. The number of carbonyl (C=O) groups excluding carboxylic acids is 2. The van der Waals surface area contributed by atoms with Gasteiger partial charge in [-0.25, -0.2) is 14.4 Å². The molecule has 2 heterocycles. The number of halogens is 1. The SMILES string of the molecule is CC(=O)c1sc(NC(=O)c2ncccc2F)nc1C. The van der Waals surface area contributed by atoms with Crippen LogP contribution in [0.4, 0.5) is 9.52 Å². The van der Waals surface area contributed by atoms with Gasteiger partial charge in [0.25, 0.3) is 5.91 Å². The van der Waals surface area contributed by atoms with Crippen molar-refractivity contribution in [1.29, 1.82) is 0 Å². The second-order valence-electron chi connectivity index (χ2n) is 3.78. The Bertz CT molecular complexity index is 654. The quantitative estimate of drug-likeness (QED) is 0.876. The Labute approximate surface area is 112 Å². The normalized spacial score (nSPS) is 10.3. The predicted molar refractivity (Wildman–Crippen MR) is 69.0 cm³/mol. The molecule has 2 rings (SSSR count). The van der Waals surface area contributed by atoms with Crippen molar-refractivity contribution in [2.75, 3.05) is 5.32 Å². The molecule has 0 aliphatic heterocycles. The molecule has 1 amide bonds.